The summed E-state index contributed by atoms with van der Waals surface area (Å²) < 4.78 is 0. The van der Waals surface area contributed by atoms with Crippen LogP contribution >= 0.6 is 0 Å². The summed E-state index contributed by atoms with van der Waals surface area (Å²) in [5.74, 6) is 0. The second kappa shape index (κ2) is 7.96. The van der Waals surface area contributed by atoms with Crippen molar-refractivity contribution < 1.29 is 5.11 Å². The van der Waals surface area contributed by atoms with Crippen LogP contribution in [0, 0.1) is 11.3 Å². The normalized spacial score (nSPS) is 15.8. The van der Waals surface area contributed by atoms with Gasteiger partial charge in [-0.15, -0.1) is 0 Å². The molecule has 2 N–H and O–H groups in total. The number of para-hydroxylation sites is 1. The molecule has 1 aliphatic rings. The van der Waals surface area contributed by atoms with E-state index in [-0.39, 0.29) is 6.61 Å². The van der Waals surface area contributed by atoms with Gasteiger partial charge in [0, 0.05) is 36.9 Å². The Balaban J connectivity index is 1.51. The number of aliphatic hydroxyl groups is 1. The Labute approximate surface area is 143 Å². The molecule has 0 spiro atoms. The summed E-state index contributed by atoms with van der Waals surface area (Å²) in [7, 11) is 0. The Morgan fingerprint density at radius 1 is 1.08 bits per heavy atom. The fourth-order valence-corrected chi connectivity index (χ4v) is 3.20. The van der Waals surface area contributed by atoms with Crippen LogP contribution in [-0.4, -0.2) is 29.1 Å². The van der Waals surface area contributed by atoms with E-state index in [1.807, 2.05) is 48.5 Å². The lowest BCUT2D eigenvalue weighted by Gasteiger charge is -2.33. The number of nitrogens with one attached hydrogen (secondary N) is 1. The molecule has 1 aliphatic heterocycles. The van der Waals surface area contributed by atoms with E-state index < -0.39 is 0 Å². The average molecular weight is 321 g/mol. The number of aliphatic hydroxyl groups excluding tert-OH is 1. The van der Waals surface area contributed by atoms with Crippen molar-refractivity contribution >= 4 is 5.69 Å². The maximum absolute atomic E-state index is 9.42. The van der Waals surface area contributed by atoms with Crippen LogP contribution < -0.4 is 5.32 Å². The highest BCUT2D eigenvalue weighted by molar-refractivity contribution is 5.51. The van der Waals surface area contributed by atoms with Gasteiger partial charge in [0.05, 0.1) is 18.2 Å². The second-order valence-corrected chi connectivity index (χ2v) is 6.32. The SMILES string of the molecule is N#Cc1ccc(CN2CCC(Nc3ccccc3CO)CC2)cc1. The lowest BCUT2D eigenvalue weighted by atomic mass is 10.0. The monoisotopic (exact) mass is 321 g/mol. The largest absolute Gasteiger partial charge is 0.392 e. The first-order valence-corrected chi connectivity index (χ1v) is 8.45. The third kappa shape index (κ3) is 4.14. The van der Waals surface area contributed by atoms with Gasteiger partial charge in [-0.05, 0) is 36.6 Å². The predicted octanol–water partition coefficient (Wildman–Crippen LogP) is 3.13. The number of piperidine rings is 1. The van der Waals surface area contributed by atoms with Gasteiger partial charge in [-0.3, -0.25) is 4.90 Å². The van der Waals surface area contributed by atoms with Crippen molar-refractivity contribution in [2.24, 2.45) is 0 Å². The molecule has 1 heterocycles. The Kier molecular flexibility index (Phi) is 5.47. The molecule has 2 aromatic carbocycles. The number of hydrogen-bond acceptors (Lipinski definition) is 4. The van der Waals surface area contributed by atoms with Crippen molar-refractivity contribution in [2.45, 2.75) is 32.0 Å². The molecule has 0 radical (unpaired) electrons. The Morgan fingerprint density at radius 3 is 2.46 bits per heavy atom. The summed E-state index contributed by atoms with van der Waals surface area (Å²) in [6.07, 6.45) is 2.19. The van der Waals surface area contributed by atoms with Gasteiger partial charge in [0.15, 0.2) is 0 Å². The molecule has 4 nitrogen and oxygen atoms in total. The summed E-state index contributed by atoms with van der Waals surface area (Å²) in [5, 5.41) is 21.9. The van der Waals surface area contributed by atoms with Gasteiger partial charge in [0.25, 0.3) is 0 Å². The molecular formula is C20H23N3O. The van der Waals surface area contributed by atoms with Gasteiger partial charge in [-0.2, -0.15) is 5.26 Å². The molecule has 0 saturated carbocycles. The molecule has 4 heteroatoms. The minimum Gasteiger partial charge on any atom is -0.392 e. The molecule has 1 saturated heterocycles. The smallest absolute Gasteiger partial charge is 0.0991 e. The van der Waals surface area contributed by atoms with Gasteiger partial charge in [0.1, 0.15) is 0 Å². The van der Waals surface area contributed by atoms with E-state index >= 15 is 0 Å². The van der Waals surface area contributed by atoms with Gasteiger partial charge >= 0.3 is 0 Å². The lowest BCUT2D eigenvalue weighted by molar-refractivity contribution is 0.211. The molecule has 24 heavy (non-hydrogen) atoms. The fraction of sp³-hybridized carbons (Fsp3) is 0.350. The van der Waals surface area contributed by atoms with Gasteiger partial charge in [-0.1, -0.05) is 30.3 Å². The van der Waals surface area contributed by atoms with Crippen LogP contribution in [0.5, 0.6) is 0 Å². The van der Waals surface area contributed by atoms with Crippen molar-refractivity contribution in [1.82, 2.24) is 4.90 Å². The Morgan fingerprint density at radius 2 is 1.79 bits per heavy atom. The first kappa shape index (κ1) is 16.5. The van der Waals surface area contributed by atoms with Crippen molar-refractivity contribution in [3.8, 4) is 6.07 Å². The third-order valence-corrected chi connectivity index (χ3v) is 4.62. The molecular weight excluding hydrogens is 298 g/mol. The molecule has 124 valence electrons. The number of nitrogens with zero attached hydrogens (tertiary/aromatic N) is 2. The zero-order chi connectivity index (χ0) is 16.8. The molecule has 0 amide bonds. The fourth-order valence-electron chi connectivity index (χ4n) is 3.20. The number of rotatable bonds is 5. The maximum Gasteiger partial charge on any atom is 0.0991 e. The Hall–Kier alpha value is -2.35. The van der Waals surface area contributed by atoms with Crippen LogP contribution in [0.15, 0.2) is 48.5 Å². The summed E-state index contributed by atoms with van der Waals surface area (Å²) in [4.78, 5) is 2.46. The molecule has 0 atom stereocenters. The molecule has 1 fully saturated rings. The third-order valence-electron chi connectivity index (χ3n) is 4.62. The van der Waals surface area contributed by atoms with Crippen LogP contribution in [0.25, 0.3) is 0 Å². The summed E-state index contributed by atoms with van der Waals surface area (Å²) in [6.45, 7) is 3.12. The topological polar surface area (TPSA) is 59.3 Å². The van der Waals surface area contributed by atoms with Crippen molar-refractivity contribution in [3.63, 3.8) is 0 Å². The summed E-state index contributed by atoms with van der Waals surface area (Å²) in [5.41, 5.74) is 3.97. The second-order valence-electron chi connectivity index (χ2n) is 6.32. The van der Waals surface area contributed by atoms with E-state index in [1.54, 1.807) is 0 Å². The van der Waals surface area contributed by atoms with Gasteiger partial charge < -0.3 is 10.4 Å². The first-order chi connectivity index (χ1) is 11.8. The van der Waals surface area contributed by atoms with E-state index in [0.717, 1.165) is 43.7 Å². The van der Waals surface area contributed by atoms with Crippen molar-refractivity contribution in [1.29, 1.82) is 5.26 Å². The quantitative estimate of drug-likeness (QED) is 0.888. The highest BCUT2D eigenvalue weighted by Gasteiger charge is 2.19. The van der Waals surface area contributed by atoms with Crippen LogP contribution in [0.4, 0.5) is 5.69 Å². The van der Waals surface area contributed by atoms with Crippen LogP contribution in [0.3, 0.4) is 0 Å². The van der Waals surface area contributed by atoms with Gasteiger partial charge in [-0.25, -0.2) is 0 Å². The van der Waals surface area contributed by atoms with Crippen LogP contribution in [-0.2, 0) is 13.2 Å². The van der Waals surface area contributed by atoms with Crippen LogP contribution in [0.1, 0.15) is 29.5 Å². The number of benzene rings is 2. The first-order valence-electron chi connectivity index (χ1n) is 8.45. The van der Waals surface area contributed by atoms with Gasteiger partial charge in [0.2, 0.25) is 0 Å². The highest BCUT2D eigenvalue weighted by atomic mass is 16.3. The number of hydrogen-bond donors (Lipinski definition) is 2. The molecule has 0 bridgehead atoms. The average Bonchev–Trinajstić information content (AvgIpc) is 2.64. The number of nitriles is 1. The minimum absolute atomic E-state index is 0.0701. The highest BCUT2D eigenvalue weighted by Crippen LogP contribution is 2.21. The van der Waals surface area contributed by atoms with Crippen LogP contribution in [0.2, 0.25) is 0 Å². The number of likely N-dealkylation sites (tertiary alicyclic amines) is 1. The van der Waals surface area contributed by atoms with E-state index in [4.69, 9.17) is 5.26 Å². The molecule has 0 unspecified atom stereocenters. The zero-order valence-corrected chi connectivity index (χ0v) is 13.8. The zero-order valence-electron chi connectivity index (χ0n) is 13.8. The lowest BCUT2D eigenvalue weighted by Crippen LogP contribution is -2.38. The van der Waals surface area contributed by atoms with Crippen molar-refractivity contribution in [3.05, 3.63) is 65.2 Å². The summed E-state index contributed by atoms with van der Waals surface area (Å²) >= 11 is 0. The maximum atomic E-state index is 9.42. The van der Waals surface area contributed by atoms with E-state index in [2.05, 4.69) is 16.3 Å². The number of anilines is 1. The minimum atomic E-state index is 0.0701. The predicted molar refractivity (Wildman–Crippen MR) is 95.4 cm³/mol. The molecule has 0 aromatic heterocycles. The standard InChI is InChI=1S/C20H23N3O/c21-13-16-5-7-17(8-6-16)14-23-11-9-19(10-12-23)22-20-4-2-1-3-18(20)15-24/h1-8,19,22,24H,9-12,14-15H2. The van der Waals surface area contributed by atoms with E-state index in [1.165, 1.54) is 5.56 Å². The van der Waals surface area contributed by atoms with Crippen molar-refractivity contribution in [2.75, 3.05) is 18.4 Å². The van der Waals surface area contributed by atoms with E-state index in [0.29, 0.717) is 11.6 Å². The summed E-state index contributed by atoms with van der Waals surface area (Å²) in [6, 6.07) is 18.4. The molecule has 2 aromatic rings. The Bertz CT molecular complexity index is 698. The van der Waals surface area contributed by atoms with E-state index in [9.17, 15) is 5.11 Å². The molecule has 3 rings (SSSR count). The molecule has 0 aliphatic carbocycles.